The fourth-order valence-corrected chi connectivity index (χ4v) is 3.64. The van der Waals surface area contributed by atoms with Crippen molar-refractivity contribution >= 4 is 29.2 Å². The van der Waals surface area contributed by atoms with Crippen molar-refractivity contribution < 1.29 is 14.6 Å². The van der Waals surface area contributed by atoms with Crippen LogP contribution in [0.1, 0.15) is 24.8 Å². The summed E-state index contributed by atoms with van der Waals surface area (Å²) in [6, 6.07) is 3.92. The number of rotatable bonds is 6. The van der Waals surface area contributed by atoms with Gasteiger partial charge in [-0.15, -0.1) is 0 Å². The zero-order valence-electron chi connectivity index (χ0n) is 14.1. The number of aliphatic carboxylic acids is 1. The Bertz CT molecular complexity index is 583. The Morgan fingerprint density at radius 1 is 1.33 bits per heavy atom. The lowest BCUT2D eigenvalue weighted by Crippen LogP contribution is -2.36. The van der Waals surface area contributed by atoms with E-state index in [1.165, 1.54) is 0 Å². The number of likely N-dealkylation sites (tertiary alicyclic amines) is 1. The number of carboxylic acid groups (broad SMARTS) is 1. The van der Waals surface area contributed by atoms with Crippen LogP contribution >= 0.6 is 23.2 Å². The summed E-state index contributed by atoms with van der Waals surface area (Å²) in [5.41, 5.74) is 0.986. The normalized spacial score (nSPS) is 19.3. The Labute approximate surface area is 153 Å². The van der Waals surface area contributed by atoms with E-state index in [-0.39, 0.29) is 6.54 Å². The third-order valence-corrected chi connectivity index (χ3v) is 5.16. The van der Waals surface area contributed by atoms with Gasteiger partial charge in [0.05, 0.1) is 18.7 Å². The molecule has 0 radical (unpaired) electrons. The summed E-state index contributed by atoms with van der Waals surface area (Å²) in [7, 11) is 3.45. The van der Waals surface area contributed by atoms with E-state index >= 15 is 0 Å². The molecule has 1 atom stereocenters. The van der Waals surface area contributed by atoms with Gasteiger partial charge in [0.1, 0.15) is 5.75 Å². The van der Waals surface area contributed by atoms with Gasteiger partial charge in [-0.3, -0.25) is 14.6 Å². The number of likely N-dealkylation sites (N-methyl/N-ethyl adjacent to an activating group) is 1. The molecule has 0 aromatic heterocycles. The summed E-state index contributed by atoms with van der Waals surface area (Å²) in [6.07, 6.45) is 3.00. The van der Waals surface area contributed by atoms with Gasteiger partial charge in [0.15, 0.2) is 0 Å². The maximum absolute atomic E-state index is 10.9. The van der Waals surface area contributed by atoms with Crippen molar-refractivity contribution in [3.8, 4) is 5.75 Å². The molecule has 5 nitrogen and oxygen atoms in total. The Balaban J connectivity index is 1.97. The van der Waals surface area contributed by atoms with Crippen LogP contribution in [0.3, 0.4) is 0 Å². The second-order valence-corrected chi connectivity index (χ2v) is 7.06. The van der Waals surface area contributed by atoms with Crippen LogP contribution in [-0.2, 0) is 11.3 Å². The van der Waals surface area contributed by atoms with Crippen LogP contribution in [0.5, 0.6) is 5.75 Å². The van der Waals surface area contributed by atoms with Crippen molar-refractivity contribution in [2.75, 3.05) is 33.8 Å². The van der Waals surface area contributed by atoms with Gasteiger partial charge in [-0.05, 0) is 51.0 Å². The summed E-state index contributed by atoms with van der Waals surface area (Å²) in [5, 5.41) is 10.2. The zero-order chi connectivity index (χ0) is 17.7. The van der Waals surface area contributed by atoms with Gasteiger partial charge in [0.25, 0.3) is 0 Å². The molecule has 1 unspecified atom stereocenters. The van der Waals surface area contributed by atoms with Crippen molar-refractivity contribution in [2.24, 2.45) is 0 Å². The van der Waals surface area contributed by atoms with E-state index < -0.39 is 5.97 Å². The fraction of sp³-hybridized carbons (Fsp3) is 0.588. The lowest BCUT2D eigenvalue weighted by molar-refractivity contribution is -0.138. The third-order valence-electron chi connectivity index (χ3n) is 4.51. The second kappa shape index (κ2) is 8.90. The van der Waals surface area contributed by atoms with Crippen LogP contribution in [0.4, 0.5) is 0 Å². The summed E-state index contributed by atoms with van der Waals surface area (Å²) in [4.78, 5) is 15.2. The molecule has 134 valence electrons. The largest absolute Gasteiger partial charge is 0.495 e. The average molecular weight is 375 g/mol. The van der Waals surface area contributed by atoms with Gasteiger partial charge in [-0.1, -0.05) is 23.2 Å². The monoisotopic (exact) mass is 374 g/mol. The molecule has 0 spiro atoms. The number of nitrogens with zero attached hydrogens (tertiary/aromatic N) is 2. The molecule has 1 fully saturated rings. The Hall–Kier alpha value is -1.01. The topological polar surface area (TPSA) is 53.0 Å². The van der Waals surface area contributed by atoms with Crippen LogP contribution in [-0.4, -0.2) is 60.7 Å². The van der Waals surface area contributed by atoms with Crippen molar-refractivity contribution in [2.45, 2.75) is 31.8 Å². The first kappa shape index (κ1) is 19.3. The molecule has 24 heavy (non-hydrogen) atoms. The summed E-state index contributed by atoms with van der Waals surface area (Å²) in [6.45, 7) is 2.70. The number of methoxy groups -OCH3 is 1. The van der Waals surface area contributed by atoms with Gasteiger partial charge >= 0.3 is 5.97 Å². The van der Waals surface area contributed by atoms with Crippen LogP contribution in [0.15, 0.2) is 12.1 Å². The predicted molar refractivity (Wildman–Crippen MR) is 96.2 cm³/mol. The van der Waals surface area contributed by atoms with Gasteiger partial charge in [-0.2, -0.15) is 0 Å². The Morgan fingerprint density at radius 3 is 2.75 bits per heavy atom. The smallest absolute Gasteiger partial charge is 0.317 e. The van der Waals surface area contributed by atoms with Crippen LogP contribution in [0.25, 0.3) is 0 Å². The average Bonchev–Trinajstić information content (AvgIpc) is 2.75. The number of carbonyl (C=O) groups is 1. The van der Waals surface area contributed by atoms with E-state index in [9.17, 15) is 4.79 Å². The molecule has 0 amide bonds. The lowest BCUT2D eigenvalue weighted by atomic mass is 10.1. The maximum Gasteiger partial charge on any atom is 0.317 e. The quantitative estimate of drug-likeness (QED) is 0.826. The highest BCUT2D eigenvalue weighted by Gasteiger charge is 2.22. The number of benzene rings is 1. The van der Waals surface area contributed by atoms with Crippen molar-refractivity contribution in [3.63, 3.8) is 0 Å². The summed E-state index contributed by atoms with van der Waals surface area (Å²) < 4.78 is 5.18. The molecule has 1 aliphatic heterocycles. The standard InChI is InChI=1S/C17H24Cl2N2O3/c1-20(11-17(22)23)13-4-3-6-21(7-5-13)10-12-8-15(19)16(24-2)9-14(12)18/h8-9,13H,3-7,10-11H2,1-2H3,(H,22,23). The molecule has 0 saturated carbocycles. The molecule has 1 heterocycles. The second-order valence-electron chi connectivity index (χ2n) is 6.25. The molecule has 0 bridgehead atoms. The third kappa shape index (κ3) is 5.24. The predicted octanol–water partition coefficient (Wildman–Crippen LogP) is 3.37. The molecule has 7 heteroatoms. The molecule has 2 rings (SSSR count). The molecule has 1 saturated heterocycles. The molecule has 0 aliphatic carbocycles. The summed E-state index contributed by atoms with van der Waals surface area (Å²) in [5.74, 6) is -0.199. The van der Waals surface area contributed by atoms with Crippen molar-refractivity contribution in [3.05, 3.63) is 27.7 Å². The number of hydrogen-bond acceptors (Lipinski definition) is 4. The molecule has 1 aromatic rings. The highest BCUT2D eigenvalue weighted by atomic mass is 35.5. The van der Waals surface area contributed by atoms with E-state index in [1.807, 2.05) is 18.0 Å². The molecular formula is C17H24Cl2N2O3. The summed E-state index contributed by atoms with van der Waals surface area (Å²) >= 11 is 12.5. The van der Waals surface area contributed by atoms with E-state index in [2.05, 4.69) is 4.90 Å². The van der Waals surface area contributed by atoms with Gasteiger partial charge in [0.2, 0.25) is 0 Å². The minimum absolute atomic E-state index is 0.0879. The first-order valence-electron chi connectivity index (χ1n) is 8.07. The fourth-order valence-electron chi connectivity index (χ4n) is 3.17. The van der Waals surface area contributed by atoms with E-state index in [4.69, 9.17) is 33.0 Å². The van der Waals surface area contributed by atoms with E-state index in [0.29, 0.717) is 21.8 Å². The van der Waals surface area contributed by atoms with E-state index in [1.54, 1.807) is 13.2 Å². The minimum atomic E-state index is -0.779. The first-order valence-corrected chi connectivity index (χ1v) is 8.82. The molecule has 1 aromatic carbocycles. The number of hydrogen-bond donors (Lipinski definition) is 1. The molecule has 1 N–H and O–H groups in total. The SMILES string of the molecule is COc1cc(Cl)c(CN2CCCC(N(C)CC(=O)O)CC2)cc1Cl. The Morgan fingerprint density at radius 2 is 2.08 bits per heavy atom. The molecule has 1 aliphatic rings. The van der Waals surface area contributed by atoms with E-state index in [0.717, 1.165) is 44.5 Å². The van der Waals surface area contributed by atoms with Crippen molar-refractivity contribution in [1.29, 1.82) is 0 Å². The minimum Gasteiger partial charge on any atom is -0.495 e. The van der Waals surface area contributed by atoms with Crippen LogP contribution in [0.2, 0.25) is 10.0 Å². The highest BCUT2D eigenvalue weighted by Crippen LogP contribution is 2.32. The van der Waals surface area contributed by atoms with Gasteiger partial charge < -0.3 is 9.84 Å². The van der Waals surface area contributed by atoms with Crippen LogP contribution < -0.4 is 4.74 Å². The highest BCUT2D eigenvalue weighted by molar-refractivity contribution is 6.34. The lowest BCUT2D eigenvalue weighted by Gasteiger charge is -2.25. The number of ether oxygens (including phenoxy) is 1. The van der Waals surface area contributed by atoms with Gasteiger partial charge in [0, 0.05) is 23.7 Å². The first-order chi connectivity index (χ1) is 11.4. The number of halogens is 2. The Kier molecular flexibility index (Phi) is 7.16. The maximum atomic E-state index is 10.9. The number of carboxylic acids is 1. The zero-order valence-corrected chi connectivity index (χ0v) is 15.6. The molecular weight excluding hydrogens is 351 g/mol. The van der Waals surface area contributed by atoms with Gasteiger partial charge in [-0.25, -0.2) is 0 Å². The van der Waals surface area contributed by atoms with Crippen molar-refractivity contribution in [1.82, 2.24) is 9.80 Å². The van der Waals surface area contributed by atoms with Crippen LogP contribution in [0, 0.1) is 0 Å².